The highest BCUT2D eigenvalue weighted by molar-refractivity contribution is 6.32. The van der Waals surface area contributed by atoms with E-state index in [1.165, 1.54) is 0 Å². The summed E-state index contributed by atoms with van der Waals surface area (Å²) in [6, 6.07) is 6.35. The van der Waals surface area contributed by atoms with Crippen molar-refractivity contribution in [3.63, 3.8) is 0 Å². The van der Waals surface area contributed by atoms with Crippen molar-refractivity contribution in [1.29, 1.82) is 0 Å². The first-order valence-corrected chi connectivity index (χ1v) is 3.59. The van der Waals surface area contributed by atoms with Gasteiger partial charge in [-0.15, -0.1) is 0 Å². The first-order chi connectivity index (χ1) is 6.24. The van der Waals surface area contributed by atoms with Crippen LogP contribution in [-0.2, 0) is 4.79 Å². The fraction of sp³-hybridized carbons (Fsp3) is 0. The maximum Gasteiger partial charge on any atom is 0.269 e. The van der Waals surface area contributed by atoms with E-state index in [1.807, 2.05) is 5.43 Å². The van der Waals surface area contributed by atoms with Crippen molar-refractivity contribution >= 4 is 25.6 Å². The number of amides is 2. The molecule has 2 radical (unpaired) electrons. The first-order valence-electron chi connectivity index (χ1n) is 3.59. The fourth-order valence-corrected chi connectivity index (χ4v) is 0.802. The van der Waals surface area contributed by atoms with Gasteiger partial charge in [-0.25, -0.2) is 0 Å². The van der Waals surface area contributed by atoms with Crippen molar-refractivity contribution in [3.05, 3.63) is 29.8 Å². The van der Waals surface area contributed by atoms with Gasteiger partial charge >= 0.3 is 0 Å². The molecule has 0 atom stereocenters. The molecule has 1 aromatic carbocycles. The second-order valence-electron chi connectivity index (χ2n) is 2.34. The van der Waals surface area contributed by atoms with E-state index >= 15 is 0 Å². The Balaban J connectivity index is 2.66. The van der Waals surface area contributed by atoms with Crippen LogP contribution in [0.4, 0.5) is 0 Å². The standard InChI is InChI=1S/C8H7BN2O2/c9-7-3-1-6(2-4-7)8(13)11-10-5-12/h1-5H,(H,10,12)(H,11,13). The summed E-state index contributed by atoms with van der Waals surface area (Å²) in [6.45, 7) is 0. The third kappa shape index (κ3) is 2.63. The molecule has 0 spiro atoms. The third-order valence-corrected chi connectivity index (χ3v) is 1.42. The Morgan fingerprint density at radius 3 is 2.46 bits per heavy atom. The molecular weight excluding hydrogens is 167 g/mol. The quantitative estimate of drug-likeness (QED) is 0.346. The van der Waals surface area contributed by atoms with E-state index in [0.29, 0.717) is 17.4 Å². The van der Waals surface area contributed by atoms with Crippen molar-refractivity contribution in [2.75, 3.05) is 0 Å². The monoisotopic (exact) mass is 174 g/mol. The second kappa shape index (κ2) is 4.30. The third-order valence-electron chi connectivity index (χ3n) is 1.42. The molecule has 0 aliphatic rings. The average Bonchev–Trinajstić information content (AvgIpc) is 2.15. The van der Waals surface area contributed by atoms with Gasteiger partial charge in [0, 0.05) is 5.56 Å². The minimum Gasteiger partial charge on any atom is -0.277 e. The molecule has 0 unspecified atom stereocenters. The molecule has 2 amide bonds. The molecular formula is C8H7BN2O2. The number of rotatable bonds is 3. The largest absolute Gasteiger partial charge is 0.277 e. The predicted molar refractivity (Wildman–Crippen MR) is 48.5 cm³/mol. The smallest absolute Gasteiger partial charge is 0.269 e. The van der Waals surface area contributed by atoms with E-state index in [2.05, 4.69) is 5.43 Å². The predicted octanol–water partition coefficient (Wildman–Crippen LogP) is -1.13. The molecule has 1 rings (SSSR count). The number of nitrogens with one attached hydrogen (secondary N) is 2. The van der Waals surface area contributed by atoms with Crippen molar-refractivity contribution < 1.29 is 9.59 Å². The first kappa shape index (κ1) is 9.31. The van der Waals surface area contributed by atoms with Gasteiger partial charge in [-0.3, -0.25) is 20.4 Å². The fourth-order valence-electron chi connectivity index (χ4n) is 0.802. The van der Waals surface area contributed by atoms with Crippen molar-refractivity contribution in [1.82, 2.24) is 10.9 Å². The SMILES string of the molecule is [B]c1ccc(C(=O)NNC=O)cc1. The lowest BCUT2D eigenvalue weighted by Gasteiger charge is -2.02. The number of hydrazine groups is 1. The van der Waals surface area contributed by atoms with E-state index < -0.39 is 0 Å². The van der Waals surface area contributed by atoms with E-state index in [9.17, 15) is 9.59 Å². The summed E-state index contributed by atoms with van der Waals surface area (Å²) in [5.74, 6) is -0.382. The molecule has 1 aromatic rings. The highest BCUT2D eigenvalue weighted by atomic mass is 16.2. The average molecular weight is 174 g/mol. The van der Waals surface area contributed by atoms with Gasteiger partial charge in [0.25, 0.3) is 5.91 Å². The van der Waals surface area contributed by atoms with Gasteiger partial charge in [-0.05, 0) is 12.1 Å². The Kier molecular flexibility index (Phi) is 3.08. The van der Waals surface area contributed by atoms with Crippen LogP contribution < -0.4 is 16.3 Å². The van der Waals surface area contributed by atoms with Crippen LogP contribution >= 0.6 is 0 Å². The number of hydrogen-bond acceptors (Lipinski definition) is 2. The molecule has 0 fully saturated rings. The summed E-state index contributed by atoms with van der Waals surface area (Å²) >= 11 is 0. The molecule has 0 saturated heterocycles. The topological polar surface area (TPSA) is 58.2 Å². The van der Waals surface area contributed by atoms with E-state index in [1.54, 1.807) is 24.3 Å². The zero-order valence-electron chi connectivity index (χ0n) is 6.78. The summed E-state index contributed by atoms with van der Waals surface area (Å²) in [7, 11) is 5.42. The van der Waals surface area contributed by atoms with Crippen LogP contribution in [0.5, 0.6) is 0 Å². The lowest BCUT2D eigenvalue weighted by atomic mass is 9.95. The van der Waals surface area contributed by atoms with Crippen LogP contribution in [0.15, 0.2) is 24.3 Å². The summed E-state index contributed by atoms with van der Waals surface area (Å²) in [5, 5.41) is 0. The van der Waals surface area contributed by atoms with Crippen LogP contribution in [0, 0.1) is 0 Å². The number of carbonyl (C=O) groups excluding carboxylic acids is 2. The van der Waals surface area contributed by atoms with Crippen molar-refractivity contribution in [2.45, 2.75) is 0 Å². The Labute approximate surface area is 76.7 Å². The van der Waals surface area contributed by atoms with Crippen molar-refractivity contribution in [3.8, 4) is 0 Å². The van der Waals surface area contributed by atoms with E-state index in [-0.39, 0.29) is 5.91 Å². The van der Waals surface area contributed by atoms with Gasteiger partial charge < -0.3 is 0 Å². The number of carbonyl (C=O) groups is 2. The van der Waals surface area contributed by atoms with Crippen LogP contribution in [0.1, 0.15) is 10.4 Å². The maximum atomic E-state index is 11.1. The van der Waals surface area contributed by atoms with Crippen LogP contribution in [0.2, 0.25) is 0 Å². The summed E-state index contributed by atoms with van der Waals surface area (Å²) in [6.07, 6.45) is 0.384. The van der Waals surface area contributed by atoms with Gasteiger partial charge in [-0.2, -0.15) is 0 Å². The summed E-state index contributed by atoms with van der Waals surface area (Å²) in [4.78, 5) is 21.0. The lowest BCUT2D eigenvalue weighted by molar-refractivity contribution is -0.110. The van der Waals surface area contributed by atoms with Gasteiger partial charge in [0.1, 0.15) is 7.85 Å². The molecule has 2 N–H and O–H groups in total. The highest BCUT2D eigenvalue weighted by Gasteiger charge is 2.02. The van der Waals surface area contributed by atoms with Gasteiger partial charge in [0.15, 0.2) is 0 Å². The van der Waals surface area contributed by atoms with Crippen LogP contribution in [-0.4, -0.2) is 20.2 Å². The molecule has 13 heavy (non-hydrogen) atoms. The molecule has 0 aromatic heterocycles. The molecule has 4 nitrogen and oxygen atoms in total. The van der Waals surface area contributed by atoms with Crippen molar-refractivity contribution in [2.24, 2.45) is 0 Å². The minimum atomic E-state index is -0.382. The van der Waals surface area contributed by atoms with Gasteiger partial charge in [0.2, 0.25) is 6.41 Å². The molecule has 5 heteroatoms. The highest BCUT2D eigenvalue weighted by Crippen LogP contribution is 1.94. The van der Waals surface area contributed by atoms with E-state index in [0.717, 1.165) is 0 Å². The zero-order chi connectivity index (χ0) is 9.68. The van der Waals surface area contributed by atoms with Crippen LogP contribution in [0.3, 0.4) is 0 Å². The van der Waals surface area contributed by atoms with Crippen LogP contribution in [0.25, 0.3) is 0 Å². The Hall–Kier alpha value is -1.78. The second-order valence-corrected chi connectivity index (χ2v) is 2.34. The number of benzene rings is 1. The molecule has 64 valence electrons. The minimum absolute atomic E-state index is 0.382. The molecule has 0 aliphatic carbocycles. The Morgan fingerprint density at radius 2 is 1.92 bits per heavy atom. The Morgan fingerprint density at radius 1 is 1.31 bits per heavy atom. The summed E-state index contributed by atoms with van der Waals surface area (Å²) < 4.78 is 0. The molecule has 0 saturated carbocycles. The maximum absolute atomic E-state index is 11.1. The van der Waals surface area contributed by atoms with Gasteiger partial charge in [-0.1, -0.05) is 17.6 Å². The van der Waals surface area contributed by atoms with E-state index in [4.69, 9.17) is 7.85 Å². The molecule has 0 heterocycles. The van der Waals surface area contributed by atoms with Gasteiger partial charge in [0.05, 0.1) is 0 Å². The zero-order valence-corrected chi connectivity index (χ0v) is 6.78. The molecule has 0 bridgehead atoms. The Bertz CT molecular complexity index is 310. The normalized spacial score (nSPS) is 8.92. The number of hydrogen-bond donors (Lipinski definition) is 2. The lowest BCUT2D eigenvalue weighted by Crippen LogP contribution is -2.36. The summed E-state index contributed by atoms with van der Waals surface area (Å²) in [5.41, 5.74) is 5.24. The molecule has 0 aliphatic heterocycles.